The third-order valence-electron chi connectivity index (χ3n) is 7.66. The van der Waals surface area contributed by atoms with E-state index in [0.29, 0.717) is 16.7 Å². The highest BCUT2D eigenvalue weighted by Crippen LogP contribution is 2.40. The first-order valence-electron chi connectivity index (χ1n) is 12.8. The van der Waals surface area contributed by atoms with E-state index in [4.69, 9.17) is 0 Å². The number of carbonyl (C=O) groups excluding carboxylic acids is 4. The lowest BCUT2D eigenvalue weighted by Crippen LogP contribution is -2.60. The van der Waals surface area contributed by atoms with E-state index in [9.17, 15) is 23.6 Å². The molecule has 0 saturated carbocycles. The maximum Gasteiger partial charge on any atom is 0.331 e. The monoisotopic (exact) mass is 535 g/mol. The van der Waals surface area contributed by atoms with Crippen LogP contribution in [0.4, 0.5) is 14.9 Å². The highest BCUT2D eigenvalue weighted by Gasteiger charge is 2.58. The van der Waals surface area contributed by atoms with Crippen molar-refractivity contribution in [1.82, 2.24) is 30.5 Å². The zero-order valence-corrected chi connectivity index (χ0v) is 22.2. The number of benzene rings is 2. The lowest BCUT2D eigenvalue weighted by Gasteiger charge is -2.43. The van der Waals surface area contributed by atoms with Crippen molar-refractivity contribution in [2.24, 2.45) is 5.92 Å². The van der Waals surface area contributed by atoms with E-state index in [0.717, 1.165) is 10.5 Å². The smallest absolute Gasteiger partial charge is 0.331 e. The molecule has 0 radical (unpaired) electrons. The van der Waals surface area contributed by atoms with Crippen LogP contribution in [-0.4, -0.2) is 80.7 Å². The highest BCUT2D eigenvalue weighted by molar-refractivity contribution is 6.17. The molecule has 1 aromatic heterocycles. The summed E-state index contributed by atoms with van der Waals surface area (Å²) in [7, 11) is 1.45. The van der Waals surface area contributed by atoms with Crippen LogP contribution in [0.2, 0.25) is 0 Å². The van der Waals surface area contributed by atoms with Crippen LogP contribution >= 0.6 is 0 Å². The molecule has 5 rings (SSSR count). The summed E-state index contributed by atoms with van der Waals surface area (Å²) in [5.41, 5.74) is 1.16. The summed E-state index contributed by atoms with van der Waals surface area (Å²) in [6.07, 6.45) is 0.436. The number of likely N-dealkylation sites (N-methyl/N-ethyl adjacent to an activating group) is 1. The fraction of sp³-hybridized carbons (Fsp3) is 0.407. The van der Waals surface area contributed by atoms with Crippen LogP contribution in [0, 0.1) is 18.7 Å². The second-order valence-corrected chi connectivity index (χ2v) is 10.5. The van der Waals surface area contributed by atoms with Crippen LogP contribution in [0.15, 0.2) is 36.4 Å². The number of hydrogen-bond acceptors (Lipinski definition) is 6. The molecule has 11 nitrogen and oxygen atoms in total. The topological polar surface area (TPSA) is 132 Å². The number of carbonyl (C=O) groups is 4. The lowest BCUT2D eigenvalue weighted by atomic mass is 9.85. The summed E-state index contributed by atoms with van der Waals surface area (Å²) >= 11 is 0. The van der Waals surface area contributed by atoms with Crippen LogP contribution in [0.3, 0.4) is 0 Å². The number of urea groups is 1. The Hall–Kier alpha value is -4.35. The standard InChI is InChI=1S/C27H30FN7O4/c1-15(2)22(29-23(36)18-13-16(3)5-7-19(18)28)24(37)34-11-9-27(10-12-34)25(38)33(4)26(39)35(27)17-6-8-20-21(14-17)31-32-30-20/h5-8,13-15,22H,9-12H2,1-4H3,(H,29,36)(H,30,31,32)/t22-/m1/s1. The van der Waals surface area contributed by atoms with Gasteiger partial charge in [0.15, 0.2) is 0 Å². The normalized spacial score (nSPS) is 17.9. The minimum Gasteiger partial charge on any atom is -0.341 e. The minimum atomic E-state index is -1.15. The van der Waals surface area contributed by atoms with Gasteiger partial charge in [0.2, 0.25) is 5.91 Å². The molecule has 1 spiro atoms. The predicted molar refractivity (Wildman–Crippen MR) is 140 cm³/mol. The summed E-state index contributed by atoms with van der Waals surface area (Å²) in [6.45, 7) is 5.76. The number of anilines is 1. The van der Waals surface area contributed by atoms with Crippen LogP contribution in [-0.2, 0) is 9.59 Å². The van der Waals surface area contributed by atoms with Gasteiger partial charge < -0.3 is 10.2 Å². The first kappa shape index (κ1) is 26.3. The number of nitrogens with one attached hydrogen (secondary N) is 2. The minimum absolute atomic E-state index is 0.121. The molecule has 2 aliphatic rings. The van der Waals surface area contributed by atoms with Gasteiger partial charge in [0.25, 0.3) is 11.8 Å². The number of piperidine rings is 1. The number of likely N-dealkylation sites (tertiary alicyclic amines) is 1. The molecule has 2 aliphatic heterocycles. The van der Waals surface area contributed by atoms with Crippen molar-refractivity contribution in [2.45, 2.75) is 45.2 Å². The Bertz CT molecular complexity index is 1480. The fourth-order valence-electron chi connectivity index (χ4n) is 5.43. The van der Waals surface area contributed by atoms with E-state index in [1.54, 1.807) is 49.9 Å². The zero-order chi connectivity index (χ0) is 28.1. The fourth-order valence-corrected chi connectivity index (χ4v) is 5.43. The maximum absolute atomic E-state index is 14.3. The molecule has 0 aliphatic carbocycles. The van der Waals surface area contributed by atoms with Crippen molar-refractivity contribution in [1.29, 1.82) is 0 Å². The Labute approximate surface area is 224 Å². The van der Waals surface area contributed by atoms with Crippen LogP contribution in [0.1, 0.15) is 42.6 Å². The van der Waals surface area contributed by atoms with Gasteiger partial charge in [-0.2, -0.15) is 15.4 Å². The van der Waals surface area contributed by atoms with Gasteiger partial charge in [-0.15, -0.1) is 0 Å². The first-order chi connectivity index (χ1) is 18.5. The summed E-state index contributed by atoms with van der Waals surface area (Å²) in [6, 6.07) is 8.06. The molecular formula is C27H30FN7O4. The molecule has 2 aromatic carbocycles. The molecule has 12 heteroatoms. The molecular weight excluding hydrogens is 505 g/mol. The maximum atomic E-state index is 14.3. The molecule has 0 bridgehead atoms. The van der Waals surface area contributed by atoms with Gasteiger partial charge in [-0.25, -0.2) is 9.18 Å². The first-order valence-corrected chi connectivity index (χ1v) is 12.8. The number of rotatable bonds is 5. The summed E-state index contributed by atoms with van der Waals surface area (Å²) < 4.78 is 14.3. The van der Waals surface area contributed by atoms with Gasteiger partial charge in [-0.1, -0.05) is 25.5 Å². The van der Waals surface area contributed by atoms with E-state index in [1.807, 2.05) is 0 Å². The number of amides is 5. The molecule has 2 fully saturated rings. The Balaban J connectivity index is 1.36. The molecule has 2 saturated heterocycles. The second kappa shape index (κ2) is 9.75. The lowest BCUT2D eigenvalue weighted by molar-refractivity contribution is -0.139. The number of aryl methyl sites for hydroxylation is 1. The second-order valence-electron chi connectivity index (χ2n) is 10.5. The van der Waals surface area contributed by atoms with E-state index < -0.39 is 29.3 Å². The van der Waals surface area contributed by atoms with Crippen molar-refractivity contribution in [2.75, 3.05) is 25.0 Å². The summed E-state index contributed by atoms with van der Waals surface area (Å²) in [5.74, 6) is -2.24. The quantitative estimate of drug-likeness (QED) is 0.483. The molecule has 5 amide bonds. The Morgan fingerprint density at radius 3 is 2.44 bits per heavy atom. The van der Waals surface area contributed by atoms with Crippen molar-refractivity contribution >= 4 is 40.5 Å². The molecule has 3 aromatic rings. The van der Waals surface area contributed by atoms with Gasteiger partial charge in [-0.3, -0.25) is 24.2 Å². The van der Waals surface area contributed by atoms with Gasteiger partial charge in [0.05, 0.1) is 5.56 Å². The Morgan fingerprint density at radius 1 is 1.05 bits per heavy atom. The van der Waals surface area contributed by atoms with Crippen LogP contribution < -0.4 is 10.2 Å². The van der Waals surface area contributed by atoms with Crippen molar-refractivity contribution < 1.29 is 23.6 Å². The number of aromatic nitrogens is 3. The number of fused-ring (bicyclic) bond motifs is 1. The van der Waals surface area contributed by atoms with Gasteiger partial charge in [-0.05, 0) is 56.0 Å². The summed E-state index contributed by atoms with van der Waals surface area (Å²) in [5, 5.41) is 13.4. The molecule has 39 heavy (non-hydrogen) atoms. The zero-order valence-electron chi connectivity index (χ0n) is 22.2. The van der Waals surface area contributed by atoms with Gasteiger partial charge in [0.1, 0.15) is 28.4 Å². The van der Waals surface area contributed by atoms with E-state index in [2.05, 4.69) is 20.7 Å². The van der Waals surface area contributed by atoms with E-state index >= 15 is 0 Å². The molecule has 204 valence electrons. The average molecular weight is 536 g/mol. The third kappa shape index (κ3) is 4.39. The Morgan fingerprint density at radius 2 is 1.74 bits per heavy atom. The highest BCUT2D eigenvalue weighted by atomic mass is 19.1. The largest absolute Gasteiger partial charge is 0.341 e. The van der Waals surface area contributed by atoms with E-state index in [-0.39, 0.29) is 49.2 Å². The van der Waals surface area contributed by atoms with Crippen LogP contribution in [0.25, 0.3) is 11.0 Å². The number of nitrogens with zero attached hydrogens (tertiary/aromatic N) is 5. The number of halogens is 1. The van der Waals surface area contributed by atoms with Crippen molar-refractivity contribution in [3.05, 3.63) is 53.3 Å². The average Bonchev–Trinajstić information content (AvgIpc) is 3.45. The third-order valence-corrected chi connectivity index (χ3v) is 7.66. The number of imide groups is 1. The number of aromatic amines is 1. The molecule has 1 atom stereocenters. The van der Waals surface area contributed by atoms with Crippen molar-refractivity contribution in [3.63, 3.8) is 0 Å². The van der Waals surface area contributed by atoms with Crippen molar-refractivity contribution in [3.8, 4) is 0 Å². The molecule has 0 unspecified atom stereocenters. The van der Waals surface area contributed by atoms with Gasteiger partial charge in [0, 0.05) is 25.8 Å². The van der Waals surface area contributed by atoms with E-state index in [1.165, 1.54) is 24.1 Å². The molecule has 3 heterocycles. The summed E-state index contributed by atoms with van der Waals surface area (Å²) in [4.78, 5) is 57.3. The van der Waals surface area contributed by atoms with Gasteiger partial charge >= 0.3 is 6.03 Å². The predicted octanol–water partition coefficient (Wildman–Crippen LogP) is 2.62. The SMILES string of the molecule is Cc1ccc(F)c(C(=O)N[C@@H](C(=O)N2CCC3(CC2)C(=O)N(C)C(=O)N3c2ccc3n[nH]nc3c2)C(C)C)c1. The van der Waals surface area contributed by atoms with Crippen LogP contribution in [0.5, 0.6) is 0 Å². The number of H-pyrrole nitrogens is 1. The Kier molecular flexibility index (Phi) is 6.57. The number of hydrogen-bond donors (Lipinski definition) is 2. The molecule has 2 N–H and O–H groups in total.